The fourth-order valence-electron chi connectivity index (χ4n) is 3.21. The number of sulfonamides is 1. The summed E-state index contributed by atoms with van der Waals surface area (Å²) < 4.78 is 26.6. The van der Waals surface area contributed by atoms with Gasteiger partial charge in [-0.25, -0.2) is 13.4 Å². The molecule has 0 N–H and O–H groups in total. The van der Waals surface area contributed by atoms with Crippen molar-refractivity contribution in [3.05, 3.63) is 76.3 Å². The molecule has 2 heterocycles. The Bertz CT molecular complexity index is 1180. The minimum absolute atomic E-state index is 0.207. The van der Waals surface area contributed by atoms with Gasteiger partial charge in [0.15, 0.2) is 5.78 Å². The van der Waals surface area contributed by atoms with Crippen LogP contribution in [0.5, 0.6) is 0 Å². The van der Waals surface area contributed by atoms with Crippen LogP contribution in [-0.2, 0) is 10.0 Å². The van der Waals surface area contributed by atoms with Crippen molar-refractivity contribution in [1.82, 2.24) is 9.29 Å². The summed E-state index contributed by atoms with van der Waals surface area (Å²) in [4.78, 5) is 17.2. The first-order valence-electron chi connectivity index (χ1n) is 9.47. The van der Waals surface area contributed by atoms with Crippen LogP contribution < -0.4 is 0 Å². The average Bonchev–Trinajstić information content (AvgIpc) is 3.45. The van der Waals surface area contributed by atoms with Crippen LogP contribution in [0.3, 0.4) is 0 Å². The monoisotopic (exact) mass is 458 g/mol. The summed E-state index contributed by atoms with van der Waals surface area (Å²) in [5.74, 6) is -0.207. The number of hydrogen-bond acceptors (Lipinski definition) is 5. The number of allylic oxidation sites excluding steroid dienone is 1. The Hall–Kier alpha value is -2.32. The molecule has 0 spiro atoms. The Morgan fingerprint density at radius 2 is 1.70 bits per heavy atom. The molecule has 1 saturated heterocycles. The molecule has 30 heavy (non-hydrogen) atoms. The van der Waals surface area contributed by atoms with Crippen molar-refractivity contribution in [3.8, 4) is 10.6 Å². The summed E-state index contributed by atoms with van der Waals surface area (Å²) in [5, 5.41) is 3.38. The predicted molar refractivity (Wildman–Crippen MR) is 120 cm³/mol. The molecule has 8 heteroatoms. The lowest BCUT2D eigenvalue weighted by molar-refractivity contribution is 0.104. The molecule has 0 amide bonds. The van der Waals surface area contributed by atoms with Gasteiger partial charge >= 0.3 is 0 Å². The second-order valence-electron chi connectivity index (χ2n) is 6.92. The van der Waals surface area contributed by atoms with Crippen LogP contribution in [0.15, 0.2) is 64.9 Å². The highest BCUT2D eigenvalue weighted by atomic mass is 35.5. The maximum absolute atomic E-state index is 12.6. The molecule has 1 fully saturated rings. The molecule has 0 radical (unpaired) electrons. The van der Waals surface area contributed by atoms with Crippen molar-refractivity contribution in [3.63, 3.8) is 0 Å². The average molecular weight is 459 g/mol. The van der Waals surface area contributed by atoms with Crippen LogP contribution in [0, 0.1) is 0 Å². The van der Waals surface area contributed by atoms with Gasteiger partial charge < -0.3 is 0 Å². The van der Waals surface area contributed by atoms with E-state index >= 15 is 0 Å². The normalized spacial score (nSPS) is 15.1. The number of carbonyl (C=O) groups excluding carboxylic acids is 1. The second kappa shape index (κ2) is 8.81. The number of rotatable bonds is 6. The van der Waals surface area contributed by atoms with Crippen LogP contribution >= 0.6 is 22.9 Å². The van der Waals surface area contributed by atoms with Gasteiger partial charge in [-0.3, -0.25) is 4.79 Å². The first kappa shape index (κ1) is 20.9. The number of aromatic nitrogens is 1. The molecule has 0 saturated carbocycles. The Balaban J connectivity index is 1.45. The Morgan fingerprint density at radius 1 is 1.03 bits per heavy atom. The summed E-state index contributed by atoms with van der Waals surface area (Å²) in [6.07, 6.45) is 4.88. The van der Waals surface area contributed by atoms with E-state index < -0.39 is 10.0 Å². The zero-order valence-corrected chi connectivity index (χ0v) is 18.4. The maximum atomic E-state index is 12.6. The fraction of sp³-hybridized carbons (Fsp3) is 0.182. The summed E-state index contributed by atoms with van der Waals surface area (Å²) in [5.41, 5.74) is 2.08. The minimum Gasteiger partial charge on any atom is -0.289 e. The molecule has 1 aliphatic heterocycles. The molecule has 4 rings (SSSR count). The topological polar surface area (TPSA) is 67.3 Å². The van der Waals surface area contributed by atoms with Crippen molar-refractivity contribution in [1.29, 1.82) is 0 Å². The zero-order chi connectivity index (χ0) is 21.1. The van der Waals surface area contributed by atoms with Gasteiger partial charge in [0, 0.05) is 34.6 Å². The first-order valence-corrected chi connectivity index (χ1v) is 12.2. The van der Waals surface area contributed by atoms with E-state index in [4.69, 9.17) is 11.6 Å². The van der Waals surface area contributed by atoms with Crippen molar-refractivity contribution < 1.29 is 13.2 Å². The molecule has 0 unspecified atom stereocenters. The number of carbonyl (C=O) groups is 1. The molecule has 0 bridgehead atoms. The zero-order valence-electron chi connectivity index (χ0n) is 16.0. The number of thiazole rings is 1. The standard InChI is InChI=1S/C22H19ClN2O3S2/c23-18-7-3-17(4-8-18)22-24-19(15-29-22)9-12-21(26)16-5-10-20(11-6-16)30(27,28)25-13-1-2-14-25/h3-12,15H,1-2,13-14H2/b12-9+. The van der Waals surface area contributed by atoms with Crippen molar-refractivity contribution in [2.45, 2.75) is 17.7 Å². The van der Waals surface area contributed by atoms with E-state index in [2.05, 4.69) is 4.98 Å². The molecule has 1 aromatic heterocycles. The van der Waals surface area contributed by atoms with Crippen molar-refractivity contribution >= 4 is 44.8 Å². The predicted octanol–water partition coefficient (Wildman–Crippen LogP) is 5.14. The van der Waals surface area contributed by atoms with Crippen LogP contribution in [0.4, 0.5) is 0 Å². The molecule has 0 atom stereocenters. The molecule has 154 valence electrons. The maximum Gasteiger partial charge on any atom is 0.243 e. The van der Waals surface area contributed by atoms with E-state index in [9.17, 15) is 13.2 Å². The lowest BCUT2D eigenvalue weighted by Gasteiger charge is -2.15. The third-order valence-corrected chi connectivity index (χ3v) is 7.93. The highest BCUT2D eigenvalue weighted by molar-refractivity contribution is 7.89. The summed E-state index contributed by atoms with van der Waals surface area (Å²) in [6.45, 7) is 1.11. The number of halogens is 1. The molecule has 1 aliphatic rings. The van der Waals surface area contributed by atoms with E-state index in [1.165, 1.54) is 33.9 Å². The number of nitrogens with zero attached hydrogens (tertiary/aromatic N) is 2. The van der Waals surface area contributed by atoms with Gasteiger partial charge in [0.2, 0.25) is 10.0 Å². The number of hydrogen-bond donors (Lipinski definition) is 0. The van der Waals surface area contributed by atoms with Gasteiger partial charge in [0.05, 0.1) is 10.6 Å². The lowest BCUT2D eigenvalue weighted by atomic mass is 10.1. The van der Waals surface area contributed by atoms with E-state index in [0.717, 1.165) is 23.4 Å². The molecular formula is C22H19ClN2O3S2. The number of ketones is 1. The van der Waals surface area contributed by atoms with E-state index in [-0.39, 0.29) is 10.7 Å². The molecule has 0 aliphatic carbocycles. The summed E-state index contributed by atoms with van der Waals surface area (Å²) in [7, 11) is -3.48. The lowest BCUT2D eigenvalue weighted by Crippen LogP contribution is -2.27. The van der Waals surface area contributed by atoms with Gasteiger partial charge in [-0.15, -0.1) is 11.3 Å². The smallest absolute Gasteiger partial charge is 0.243 e. The minimum atomic E-state index is -3.48. The van der Waals surface area contributed by atoms with Crippen LogP contribution in [0.2, 0.25) is 5.02 Å². The van der Waals surface area contributed by atoms with Gasteiger partial charge in [-0.2, -0.15) is 4.31 Å². The highest BCUT2D eigenvalue weighted by Crippen LogP contribution is 2.26. The van der Waals surface area contributed by atoms with Crippen molar-refractivity contribution in [2.75, 3.05) is 13.1 Å². The van der Waals surface area contributed by atoms with Gasteiger partial charge in [-0.1, -0.05) is 23.7 Å². The second-order valence-corrected chi connectivity index (χ2v) is 10.2. The van der Waals surface area contributed by atoms with Gasteiger partial charge in [0.25, 0.3) is 0 Å². The van der Waals surface area contributed by atoms with Gasteiger partial charge in [0.1, 0.15) is 5.01 Å². The highest BCUT2D eigenvalue weighted by Gasteiger charge is 2.27. The van der Waals surface area contributed by atoms with E-state index in [1.54, 1.807) is 18.2 Å². The SMILES string of the molecule is O=C(/C=C/c1csc(-c2ccc(Cl)cc2)n1)c1ccc(S(=O)(=O)N2CCCC2)cc1. The third kappa shape index (κ3) is 4.54. The molecular weight excluding hydrogens is 440 g/mol. The molecule has 3 aromatic rings. The van der Waals surface area contributed by atoms with Gasteiger partial charge in [-0.05, 0) is 61.4 Å². The Morgan fingerprint density at radius 3 is 2.37 bits per heavy atom. The van der Waals surface area contributed by atoms with E-state index in [0.29, 0.717) is 29.4 Å². The van der Waals surface area contributed by atoms with Crippen LogP contribution in [-0.4, -0.2) is 36.6 Å². The quantitative estimate of drug-likeness (QED) is 0.378. The fourth-order valence-corrected chi connectivity index (χ4v) is 5.65. The first-order chi connectivity index (χ1) is 14.4. The van der Waals surface area contributed by atoms with Crippen molar-refractivity contribution in [2.24, 2.45) is 0 Å². The molecule has 5 nitrogen and oxygen atoms in total. The largest absolute Gasteiger partial charge is 0.289 e. The Kier molecular flexibility index (Phi) is 6.15. The van der Waals surface area contributed by atoms with Crippen LogP contribution in [0.1, 0.15) is 28.9 Å². The summed E-state index contributed by atoms with van der Waals surface area (Å²) in [6, 6.07) is 13.5. The third-order valence-electron chi connectivity index (χ3n) is 4.86. The Labute approximate surface area is 184 Å². The van der Waals surface area contributed by atoms with E-state index in [1.807, 2.05) is 29.6 Å². The summed E-state index contributed by atoms with van der Waals surface area (Å²) >= 11 is 7.40. The molecule has 2 aromatic carbocycles. The number of benzene rings is 2. The van der Waals surface area contributed by atoms with Crippen LogP contribution in [0.25, 0.3) is 16.6 Å².